The lowest BCUT2D eigenvalue weighted by atomic mass is 10.0. The fourth-order valence-electron chi connectivity index (χ4n) is 2.63. The first-order valence-corrected chi connectivity index (χ1v) is 7.38. The Morgan fingerprint density at radius 3 is 2.65 bits per heavy atom. The summed E-state index contributed by atoms with van der Waals surface area (Å²) in [6.45, 7) is 0.710. The SMILES string of the molecule is Nc1nc(Nc2ccccc2)c2ccc(C3=CC=NC3)cc2n1. The molecule has 1 aromatic heterocycles. The van der Waals surface area contributed by atoms with Crippen molar-refractivity contribution >= 4 is 40.1 Å². The van der Waals surface area contributed by atoms with Crippen molar-refractivity contribution in [2.45, 2.75) is 0 Å². The molecule has 0 amide bonds. The van der Waals surface area contributed by atoms with Gasteiger partial charge in [0, 0.05) is 17.3 Å². The van der Waals surface area contributed by atoms with E-state index >= 15 is 0 Å². The van der Waals surface area contributed by atoms with E-state index in [2.05, 4.69) is 26.3 Å². The third-order valence-corrected chi connectivity index (χ3v) is 3.76. The standard InChI is InChI=1S/C18H15N5/c19-18-22-16-10-12(13-8-9-20-11-13)6-7-15(16)17(23-18)21-14-4-2-1-3-5-14/h1-10H,11H2,(H3,19,21,22,23). The summed E-state index contributed by atoms with van der Waals surface area (Å²) in [7, 11) is 0. The fourth-order valence-corrected chi connectivity index (χ4v) is 2.63. The minimum absolute atomic E-state index is 0.254. The zero-order chi connectivity index (χ0) is 15.6. The predicted molar refractivity (Wildman–Crippen MR) is 95.0 cm³/mol. The van der Waals surface area contributed by atoms with Crippen LogP contribution in [-0.4, -0.2) is 22.7 Å². The van der Waals surface area contributed by atoms with Gasteiger partial charge in [0.2, 0.25) is 5.95 Å². The highest BCUT2D eigenvalue weighted by atomic mass is 15.1. The number of aliphatic imine (C=N–C) groups is 1. The number of nitrogen functional groups attached to an aromatic ring is 1. The Balaban J connectivity index is 1.79. The number of hydrogen-bond donors (Lipinski definition) is 2. The van der Waals surface area contributed by atoms with Gasteiger partial charge in [0.15, 0.2) is 0 Å². The second-order valence-corrected chi connectivity index (χ2v) is 5.34. The van der Waals surface area contributed by atoms with Crippen molar-refractivity contribution in [1.29, 1.82) is 0 Å². The van der Waals surface area contributed by atoms with Gasteiger partial charge in [0.05, 0.1) is 12.1 Å². The molecule has 0 spiro atoms. The van der Waals surface area contributed by atoms with Gasteiger partial charge in [-0.3, -0.25) is 4.99 Å². The molecule has 0 radical (unpaired) electrons. The van der Waals surface area contributed by atoms with Gasteiger partial charge in [-0.05, 0) is 41.5 Å². The minimum Gasteiger partial charge on any atom is -0.368 e. The average Bonchev–Trinajstić information content (AvgIpc) is 3.09. The number of aromatic nitrogens is 2. The normalized spacial score (nSPS) is 13.3. The minimum atomic E-state index is 0.254. The maximum absolute atomic E-state index is 5.88. The molecule has 3 N–H and O–H groups in total. The fraction of sp³-hybridized carbons (Fsp3) is 0.0556. The molecule has 0 unspecified atom stereocenters. The second kappa shape index (κ2) is 5.53. The number of nitrogens with two attached hydrogens (primary N) is 1. The molecule has 1 aliphatic rings. The number of para-hydroxylation sites is 1. The summed E-state index contributed by atoms with van der Waals surface area (Å²) in [5.74, 6) is 0.964. The van der Waals surface area contributed by atoms with Gasteiger partial charge in [-0.25, -0.2) is 4.98 Å². The van der Waals surface area contributed by atoms with Crippen LogP contribution in [0.5, 0.6) is 0 Å². The van der Waals surface area contributed by atoms with Crippen LogP contribution in [0.3, 0.4) is 0 Å². The summed E-state index contributed by atoms with van der Waals surface area (Å²) in [4.78, 5) is 12.9. The second-order valence-electron chi connectivity index (χ2n) is 5.34. The van der Waals surface area contributed by atoms with Crippen LogP contribution in [-0.2, 0) is 0 Å². The van der Waals surface area contributed by atoms with Crippen molar-refractivity contribution in [2.24, 2.45) is 4.99 Å². The quantitative estimate of drug-likeness (QED) is 0.777. The molecular formula is C18H15N5. The van der Waals surface area contributed by atoms with E-state index in [-0.39, 0.29) is 5.95 Å². The van der Waals surface area contributed by atoms with Crippen LogP contribution >= 0.6 is 0 Å². The maximum atomic E-state index is 5.88. The third kappa shape index (κ3) is 2.64. The largest absolute Gasteiger partial charge is 0.368 e. The zero-order valence-electron chi connectivity index (χ0n) is 12.4. The first kappa shape index (κ1) is 13.5. The molecule has 5 nitrogen and oxygen atoms in total. The van der Waals surface area contributed by atoms with Gasteiger partial charge < -0.3 is 11.1 Å². The van der Waals surface area contributed by atoms with Crippen LogP contribution in [0.15, 0.2) is 59.6 Å². The molecule has 0 saturated carbocycles. The molecular weight excluding hydrogens is 286 g/mol. The van der Waals surface area contributed by atoms with Crippen LogP contribution in [0, 0.1) is 0 Å². The van der Waals surface area contributed by atoms with Gasteiger partial charge in [-0.1, -0.05) is 24.3 Å². The Morgan fingerprint density at radius 2 is 1.87 bits per heavy atom. The molecule has 4 rings (SSSR count). The first-order valence-electron chi connectivity index (χ1n) is 7.38. The Labute approximate surface area is 133 Å². The Kier molecular flexibility index (Phi) is 3.24. The Bertz CT molecular complexity index is 929. The summed E-state index contributed by atoms with van der Waals surface area (Å²) >= 11 is 0. The number of rotatable bonds is 3. The molecule has 23 heavy (non-hydrogen) atoms. The molecule has 0 bridgehead atoms. The lowest BCUT2D eigenvalue weighted by molar-refractivity contribution is 1.23. The molecule has 3 aromatic rings. The third-order valence-electron chi connectivity index (χ3n) is 3.76. The highest BCUT2D eigenvalue weighted by Crippen LogP contribution is 2.28. The summed E-state index contributed by atoms with van der Waals surface area (Å²) < 4.78 is 0. The smallest absolute Gasteiger partial charge is 0.222 e. The van der Waals surface area contributed by atoms with Crippen molar-refractivity contribution in [1.82, 2.24) is 9.97 Å². The average molecular weight is 301 g/mol. The Hall–Kier alpha value is -3.21. The molecule has 0 atom stereocenters. The summed E-state index contributed by atoms with van der Waals surface area (Å²) in [5, 5.41) is 4.24. The van der Waals surface area contributed by atoms with Crippen molar-refractivity contribution in [3.8, 4) is 0 Å². The van der Waals surface area contributed by atoms with E-state index in [0.717, 1.165) is 22.2 Å². The summed E-state index contributed by atoms with van der Waals surface area (Å²) in [6, 6.07) is 16.0. The number of fused-ring (bicyclic) bond motifs is 1. The van der Waals surface area contributed by atoms with E-state index < -0.39 is 0 Å². The van der Waals surface area contributed by atoms with E-state index in [1.165, 1.54) is 5.57 Å². The molecule has 1 aliphatic heterocycles. The van der Waals surface area contributed by atoms with E-state index in [1.54, 1.807) is 0 Å². The van der Waals surface area contributed by atoms with Gasteiger partial charge in [-0.15, -0.1) is 0 Å². The van der Waals surface area contributed by atoms with Gasteiger partial charge >= 0.3 is 0 Å². The molecule has 0 saturated heterocycles. The number of benzene rings is 2. The van der Waals surface area contributed by atoms with E-state index in [0.29, 0.717) is 12.4 Å². The number of nitrogens with one attached hydrogen (secondary N) is 1. The van der Waals surface area contributed by atoms with E-state index in [9.17, 15) is 0 Å². The molecule has 2 aromatic carbocycles. The van der Waals surface area contributed by atoms with Crippen LogP contribution in [0.2, 0.25) is 0 Å². The van der Waals surface area contributed by atoms with Crippen LogP contribution in [0.1, 0.15) is 5.56 Å². The monoisotopic (exact) mass is 301 g/mol. The summed E-state index contributed by atoms with van der Waals surface area (Å²) in [6.07, 6.45) is 3.85. The number of anilines is 3. The van der Waals surface area contributed by atoms with Gasteiger partial charge in [-0.2, -0.15) is 4.98 Å². The van der Waals surface area contributed by atoms with Crippen LogP contribution in [0.4, 0.5) is 17.5 Å². The van der Waals surface area contributed by atoms with Gasteiger partial charge in [0.25, 0.3) is 0 Å². The highest BCUT2D eigenvalue weighted by Gasteiger charge is 2.10. The van der Waals surface area contributed by atoms with E-state index in [1.807, 2.05) is 54.8 Å². The van der Waals surface area contributed by atoms with Crippen molar-refractivity contribution in [3.05, 3.63) is 60.2 Å². The summed E-state index contributed by atoms with van der Waals surface area (Å²) in [5.41, 5.74) is 9.95. The maximum Gasteiger partial charge on any atom is 0.222 e. The number of allylic oxidation sites excluding steroid dienone is 1. The molecule has 0 fully saturated rings. The molecule has 5 heteroatoms. The lowest BCUT2D eigenvalue weighted by Crippen LogP contribution is -2.01. The van der Waals surface area contributed by atoms with Gasteiger partial charge in [0.1, 0.15) is 5.82 Å². The number of nitrogens with zero attached hydrogens (tertiary/aromatic N) is 3. The zero-order valence-corrected chi connectivity index (χ0v) is 12.4. The van der Waals surface area contributed by atoms with Crippen LogP contribution < -0.4 is 11.1 Å². The van der Waals surface area contributed by atoms with Crippen molar-refractivity contribution in [2.75, 3.05) is 17.6 Å². The van der Waals surface area contributed by atoms with Crippen molar-refractivity contribution < 1.29 is 0 Å². The van der Waals surface area contributed by atoms with Crippen molar-refractivity contribution in [3.63, 3.8) is 0 Å². The van der Waals surface area contributed by atoms with Crippen LogP contribution in [0.25, 0.3) is 16.5 Å². The van der Waals surface area contributed by atoms with E-state index in [4.69, 9.17) is 5.73 Å². The lowest BCUT2D eigenvalue weighted by Gasteiger charge is -2.11. The highest BCUT2D eigenvalue weighted by molar-refractivity contribution is 5.96. The molecule has 112 valence electrons. The first-order chi connectivity index (χ1) is 11.3. The Morgan fingerprint density at radius 1 is 1.00 bits per heavy atom. The molecule has 0 aliphatic carbocycles. The predicted octanol–water partition coefficient (Wildman–Crippen LogP) is 3.42. The topological polar surface area (TPSA) is 76.2 Å². The number of hydrogen-bond acceptors (Lipinski definition) is 5. The molecule has 2 heterocycles.